The number of aliphatic hydroxyl groups excluding tert-OH is 1. The molecule has 0 spiro atoms. The van der Waals surface area contributed by atoms with Crippen molar-refractivity contribution in [2.45, 2.75) is 6.10 Å². The van der Waals surface area contributed by atoms with Crippen LogP contribution in [-0.4, -0.2) is 16.2 Å². The molecule has 3 aromatic rings. The van der Waals surface area contributed by atoms with Crippen LogP contribution in [0.2, 0.25) is 0 Å². The van der Waals surface area contributed by atoms with Gasteiger partial charge in [0.2, 0.25) is 5.76 Å². The molecule has 0 saturated carbocycles. The first-order chi connectivity index (χ1) is 9.15. The third kappa shape index (κ3) is 2.00. The Hall–Kier alpha value is -2.53. The van der Waals surface area contributed by atoms with Gasteiger partial charge in [0.1, 0.15) is 17.1 Å². The van der Waals surface area contributed by atoms with Crippen molar-refractivity contribution in [2.24, 2.45) is 0 Å². The van der Waals surface area contributed by atoms with Gasteiger partial charge in [-0.05, 0) is 24.3 Å². The number of benzene rings is 1. The molecule has 0 aliphatic rings. The predicted octanol–water partition coefficient (Wildman–Crippen LogP) is 2.81. The second-order valence-corrected chi connectivity index (χ2v) is 4.10. The molecule has 19 heavy (non-hydrogen) atoms. The number of aliphatic hydroxyl groups is 1. The molecule has 0 radical (unpaired) electrons. The van der Waals surface area contributed by atoms with Gasteiger partial charge in [0.15, 0.2) is 6.10 Å². The van der Waals surface area contributed by atoms with E-state index in [4.69, 9.17) is 13.9 Å². The van der Waals surface area contributed by atoms with E-state index in [0.29, 0.717) is 11.3 Å². The molecule has 1 unspecified atom stereocenters. The van der Waals surface area contributed by atoms with Crippen LogP contribution in [0.5, 0.6) is 0 Å². The third-order valence-corrected chi connectivity index (χ3v) is 2.82. The van der Waals surface area contributed by atoms with Gasteiger partial charge in [-0.15, -0.1) is 0 Å². The van der Waals surface area contributed by atoms with Gasteiger partial charge in [0.25, 0.3) is 0 Å². The Labute approximate surface area is 107 Å². The Bertz CT molecular complexity index is 704. The number of fused-ring (bicyclic) bond motifs is 1. The summed E-state index contributed by atoms with van der Waals surface area (Å²) in [6.45, 7) is 0. The van der Waals surface area contributed by atoms with E-state index < -0.39 is 12.1 Å². The minimum absolute atomic E-state index is 0.136. The highest BCUT2D eigenvalue weighted by Crippen LogP contribution is 2.29. The standard InChI is InChI=1S/C14H10O5/c15-13(10-5-6-11(19-10)14(16)17)12-7-8-3-1-2-4-9(8)18-12/h1-7,13,15H,(H,16,17). The van der Waals surface area contributed by atoms with Gasteiger partial charge in [-0.25, -0.2) is 4.79 Å². The zero-order valence-electron chi connectivity index (χ0n) is 9.74. The fourth-order valence-electron chi connectivity index (χ4n) is 1.89. The maximum Gasteiger partial charge on any atom is 0.371 e. The van der Waals surface area contributed by atoms with Crippen molar-refractivity contribution in [2.75, 3.05) is 0 Å². The number of carbonyl (C=O) groups is 1. The summed E-state index contributed by atoms with van der Waals surface area (Å²) in [5.41, 5.74) is 0.654. The van der Waals surface area contributed by atoms with Crippen LogP contribution in [0.25, 0.3) is 11.0 Å². The lowest BCUT2D eigenvalue weighted by Gasteiger charge is -2.02. The van der Waals surface area contributed by atoms with Gasteiger partial charge >= 0.3 is 5.97 Å². The lowest BCUT2D eigenvalue weighted by molar-refractivity contribution is 0.0653. The number of aromatic carboxylic acids is 1. The van der Waals surface area contributed by atoms with Crippen molar-refractivity contribution >= 4 is 16.9 Å². The molecule has 5 heteroatoms. The number of carboxylic acids is 1. The van der Waals surface area contributed by atoms with E-state index in [1.807, 2.05) is 18.2 Å². The number of para-hydroxylation sites is 1. The molecule has 0 aliphatic heterocycles. The molecule has 1 atom stereocenters. The van der Waals surface area contributed by atoms with E-state index in [1.165, 1.54) is 12.1 Å². The van der Waals surface area contributed by atoms with Crippen LogP contribution >= 0.6 is 0 Å². The quantitative estimate of drug-likeness (QED) is 0.754. The Morgan fingerprint density at radius 1 is 1.05 bits per heavy atom. The molecular formula is C14H10O5. The van der Waals surface area contributed by atoms with Crippen LogP contribution in [-0.2, 0) is 0 Å². The van der Waals surface area contributed by atoms with Crippen LogP contribution in [0.3, 0.4) is 0 Å². The van der Waals surface area contributed by atoms with Gasteiger partial charge in [0, 0.05) is 5.39 Å². The highest BCUT2D eigenvalue weighted by molar-refractivity contribution is 5.84. The molecule has 2 heterocycles. The summed E-state index contributed by atoms with van der Waals surface area (Å²) >= 11 is 0. The summed E-state index contributed by atoms with van der Waals surface area (Å²) in [7, 11) is 0. The van der Waals surface area contributed by atoms with Gasteiger partial charge in [0.05, 0.1) is 0 Å². The number of furan rings is 2. The number of hydrogen-bond acceptors (Lipinski definition) is 4. The van der Waals surface area contributed by atoms with E-state index in [1.54, 1.807) is 12.1 Å². The second-order valence-electron chi connectivity index (χ2n) is 4.10. The maximum absolute atomic E-state index is 10.7. The van der Waals surface area contributed by atoms with Crippen molar-refractivity contribution in [3.8, 4) is 0 Å². The van der Waals surface area contributed by atoms with Crippen LogP contribution in [0, 0.1) is 0 Å². The Balaban J connectivity index is 1.97. The molecule has 2 N–H and O–H groups in total. The Morgan fingerprint density at radius 3 is 2.53 bits per heavy atom. The lowest BCUT2D eigenvalue weighted by Crippen LogP contribution is -1.96. The predicted molar refractivity (Wildman–Crippen MR) is 65.9 cm³/mol. The molecule has 0 bridgehead atoms. The summed E-state index contributed by atoms with van der Waals surface area (Å²) in [4.78, 5) is 10.7. The van der Waals surface area contributed by atoms with Gasteiger partial charge in [-0.3, -0.25) is 0 Å². The van der Waals surface area contributed by atoms with Crippen LogP contribution in [0.4, 0.5) is 0 Å². The van der Waals surface area contributed by atoms with Crippen molar-refractivity contribution in [3.05, 3.63) is 59.7 Å². The molecule has 1 aromatic carbocycles. The molecule has 96 valence electrons. The topological polar surface area (TPSA) is 83.8 Å². The third-order valence-electron chi connectivity index (χ3n) is 2.82. The Kier molecular flexibility index (Phi) is 2.61. The summed E-state index contributed by atoms with van der Waals surface area (Å²) in [6, 6.07) is 11.8. The normalized spacial score (nSPS) is 12.7. The molecule has 2 aromatic heterocycles. The molecule has 5 nitrogen and oxygen atoms in total. The minimum atomic E-state index is -1.18. The van der Waals surface area contributed by atoms with Crippen LogP contribution in [0.1, 0.15) is 28.2 Å². The molecular weight excluding hydrogens is 248 g/mol. The Morgan fingerprint density at radius 2 is 1.84 bits per heavy atom. The summed E-state index contributed by atoms with van der Waals surface area (Å²) in [5, 5.41) is 19.7. The van der Waals surface area contributed by atoms with Gasteiger partial charge < -0.3 is 19.0 Å². The molecule has 0 amide bonds. The SMILES string of the molecule is O=C(O)c1ccc(C(O)c2cc3ccccc3o2)o1. The summed E-state index contributed by atoms with van der Waals surface area (Å²) in [6.07, 6.45) is -1.12. The van der Waals surface area contributed by atoms with E-state index in [-0.39, 0.29) is 11.5 Å². The number of carboxylic acid groups (broad SMARTS) is 1. The number of rotatable bonds is 3. The zero-order chi connectivity index (χ0) is 13.4. The van der Waals surface area contributed by atoms with Crippen molar-refractivity contribution in [1.29, 1.82) is 0 Å². The van der Waals surface area contributed by atoms with E-state index in [2.05, 4.69) is 0 Å². The fourth-order valence-corrected chi connectivity index (χ4v) is 1.89. The van der Waals surface area contributed by atoms with Crippen molar-refractivity contribution in [1.82, 2.24) is 0 Å². The van der Waals surface area contributed by atoms with Crippen LogP contribution in [0.15, 0.2) is 51.3 Å². The average molecular weight is 258 g/mol. The molecule has 3 rings (SSSR count). The summed E-state index contributed by atoms with van der Waals surface area (Å²) < 4.78 is 10.5. The molecule has 0 aliphatic carbocycles. The molecule has 0 saturated heterocycles. The number of hydrogen-bond donors (Lipinski definition) is 2. The lowest BCUT2D eigenvalue weighted by atomic mass is 10.2. The monoisotopic (exact) mass is 258 g/mol. The van der Waals surface area contributed by atoms with Gasteiger partial charge in [-0.1, -0.05) is 18.2 Å². The molecule has 0 fully saturated rings. The highest BCUT2D eigenvalue weighted by Gasteiger charge is 2.20. The smallest absolute Gasteiger partial charge is 0.371 e. The van der Waals surface area contributed by atoms with Crippen molar-refractivity contribution in [3.63, 3.8) is 0 Å². The van der Waals surface area contributed by atoms with Crippen LogP contribution < -0.4 is 0 Å². The van der Waals surface area contributed by atoms with E-state index >= 15 is 0 Å². The first-order valence-corrected chi connectivity index (χ1v) is 5.65. The second kappa shape index (κ2) is 4.29. The van der Waals surface area contributed by atoms with Gasteiger partial charge in [-0.2, -0.15) is 0 Å². The maximum atomic E-state index is 10.7. The van der Waals surface area contributed by atoms with E-state index in [0.717, 1.165) is 5.39 Å². The van der Waals surface area contributed by atoms with E-state index in [9.17, 15) is 9.90 Å². The summed E-state index contributed by atoms with van der Waals surface area (Å²) in [5.74, 6) is -0.947. The highest BCUT2D eigenvalue weighted by atomic mass is 16.4. The first-order valence-electron chi connectivity index (χ1n) is 5.65. The largest absolute Gasteiger partial charge is 0.475 e. The minimum Gasteiger partial charge on any atom is -0.475 e. The van der Waals surface area contributed by atoms with Crippen molar-refractivity contribution < 1.29 is 23.8 Å². The fraction of sp³-hybridized carbons (Fsp3) is 0.0714. The average Bonchev–Trinajstić information content (AvgIpc) is 3.04. The zero-order valence-corrected chi connectivity index (χ0v) is 9.74. The first kappa shape index (κ1) is 11.6.